The number of aryl methyl sites for hydroxylation is 3. The Balaban J connectivity index is 1.97. The van der Waals surface area contributed by atoms with E-state index in [0.29, 0.717) is 5.52 Å². The molecule has 0 bridgehead atoms. The lowest BCUT2D eigenvalue weighted by atomic mass is 10.3. The summed E-state index contributed by atoms with van der Waals surface area (Å²) in [5.74, 6) is 0.488. The van der Waals surface area contributed by atoms with Gasteiger partial charge in [0.05, 0.1) is 21.4 Å². The van der Waals surface area contributed by atoms with Gasteiger partial charge in [0, 0.05) is 30.1 Å². The molecule has 6 heteroatoms. The number of imidazole rings is 1. The van der Waals surface area contributed by atoms with E-state index in [-0.39, 0.29) is 11.2 Å². The molecular weight excluding hydrogens is 309 g/mol. The number of rotatable bonds is 4. The molecule has 2 aromatic heterocycles. The quantitative estimate of drug-likeness (QED) is 0.663. The van der Waals surface area contributed by atoms with E-state index >= 15 is 0 Å². The molecule has 110 valence electrons. The minimum absolute atomic E-state index is 0.224. The Labute approximate surface area is 131 Å². The highest BCUT2D eigenvalue weighted by Gasteiger charge is 2.15. The van der Waals surface area contributed by atoms with Crippen LogP contribution in [0.15, 0.2) is 23.6 Å². The zero-order chi connectivity index (χ0) is 15.0. The molecule has 21 heavy (non-hydrogen) atoms. The standard InChI is InChI=1S/C15H15ClFN3S/c1-9-8-21-14(18-9)5-6-20-13-4-3-11(17)7-12(13)19-15(20)10(2)16/h3-4,7-8,10H,5-6H2,1-2H3. The Morgan fingerprint density at radius 1 is 1.38 bits per heavy atom. The fraction of sp³-hybridized carbons (Fsp3) is 0.333. The van der Waals surface area contributed by atoms with Crippen LogP contribution < -0.4 is 0 Å². The van der Waals surface area contributed by atoms with Crippen LogP contribution in [0.5, 0.6) is 0 Å². The van der Waals surface area contributed by atoms with Crippen LogP contribution in [0.25, 0.3) is 11.0 Å². The molecule has 0 fully saturated rings. The summed E-state index contributed by atoms with van der Waals surface area (Å²) in [6.45, 7) is 4.60. The van der Waals surface area contributed by atoms with E-state index in [1.807, 2.05) is 19.2 Å². The lowest BCUT2D eigenvalue weighted by molar-refractivity contribution is 0.629. The second kappa shape index (κ2) is 5.73. The zero-order valence-electron chi connectivity index (χ0n) is 11.8. The number of hydrogen-bond donors (Lipinski definition) is 0. The minimum atomic E-state index is -0.281. The summed E-state index contributed by atoms with van der Waals surface area (Å²) in [6, 6.07) is 4.66. The van der Waals surface area contributed by atoms with Crippen molar-refractivity contribution in [3.8, 4) is 0 Å². The summed E-state index contributed by atoms with van der Waals surface area (Å²) in [6.07, 6.45) is 0.817. The number of aromatic nitrogens is 3. The summed E-state index contributed by atoms with van der Waals surface area (Å²) in [7, 11) is 0. The number of fused-ring (bicyclic) bond motifs is 1. The fourth-order valence-corrected chi connectivity index (χ4v) is 3.32. The molecule has 0 radical (unpaired) electrons. The monoisotopic (exact) mass is 323 g/mol. The first-order valence-corrected chi connectivity index (χ1v) is 8.07. The van der Waals surface area contributed by atoms with Crippen LogP contribution in [0.1, 0.15) is 28.8 Å². The highest BCUT2D eigenvalue weighted by molar-refractivity contribution is 7.09. The first-order valence-electron chi connectivity index (χ1n) is 6.75. The smallest absolute Gasteiger partial charge is 0.127 e. The maximum absolute atomic E-state index is 13.3. The first kappa shape index (κ1) is 14.5. The van der Waals surface area contributed by atoms with Gasteiger partial charge in [0.1, 0.15) is 11.6 Å². The van der Waals surface area contributed by atoms with Crippen molar-refractivity contribution in [3.05, 3.63) is 45.9 Å². The molecule has 3 nitrogen and oxygen atoms in total. The van der Waals surface area contributed by atoms with Gasteiger partial charge in [-0.05, 0) is 26.0 Å². The van der Waals surface area contributed by atoms with Crippen LogP contribution in [0.2, 0.25) is 0 Å². The molecule has 0 aliphatic heterocycles. The fourth-order valence-electron chi connectivity index (χ4n) is 2.39. The number of alkyl halides is 1. The van der Waals surface area contributed by atoms with Crippen molar-refractivity contribution in [1.29, 1.82) is 0 Å². The van der Waals surface area contributed by atoms with Crippen molar-refractivity contribution < 1.29 is 4.39 Å². The van der Waals surface area contributed by atoms with E-state index in [4.69, 9.17) is 11.6 Å². The normalized spacial score (nSPS) is 13.0. The Morgan fingerprint density at radius 2 is 2.19 bits per heavy atom. The van der Waals surface area contributed by atoms with Crippen LogP contribution in [0.4, 0.5) is 4.39 Å². The van der Waals surface area contributed by atoms with E-state index in [2.05, 4.69) is 14.5 Å². The Bertz CT molecular complexity index is 778. The summed E-state index contributed by atoms with van der Waals surface area (Å²) < 4.78 is 15.4. The molecule has 0 spiro atoms. The van der Waals surface area contributed by atoms with Crippen molar-refractivity contribution in [2.45, 2.75) is 32.2 Å². The maximum Gasteiger partial charge on any atom is 0.127 e. The molecule has 1 aromatic carbocycles. The average Bonchev–Trinajstić information content (AvgIpc) is 2.99. The number of thiazole rings is 1. The lowest BCUT2D eigenvalue weighted by Gasteiger charge is -2.09. The molecule has 1 unspecified atom stereocenters. The molecule has 0 amide bonds. The second-order valence-electron chi connectivity index (χ2n) is 5.00. The maximum atomic E-state index is 13.3. The molecular formula is C15H15ClFN3S. The SMILES string of the molecule is Cc1csc(CCn2c(C(C)Cl)nc3cc(F)ccc32)n1. The molecule has 0 aliphatic carbocycles. The van der Waals surface area contributed by atoms with Crippen LogP contribution in [0, 0.1) is 12.7 Å². The van der Waals surface area contributed by atoms with Gasteiger partial charge in [0.2, 0.25) is 0 Å². The Hall–Kier alpha value is -1.46. The molecule has 2 heterocycles. The van der Waals surface area contributed by atoms with E-state index in [9.17, 15) is 4.39 Å². The Kier molecular flexibility index (Phi) is 3.95. The third-order valence-corrected chi connectivity index (χ3v) is 4.53. The Morgan fingerprint density at radius 3 is 2.86 bits per heavy atom. The molecule has 0 saturated heterocycles. The molecule has 1 atom stereocenters. The van der Waals surface area contributed by atoms with Gasteiger partial charge in [-0.3, -0.25) is 0 Å². The molecule has 3 rings (SSSR count). The predicted octanol–water partition coefficient (Wildman–Crippen LogP) is 4.48. The lowest BCUT2D eigenvalue weighted by Crippen LogP contribution is -2.06. The van der Waals surface area contributed by atoms with E-state index in [1.165, 1.54) is 12.1 Å². The van der Waals surface area contributed by atoms with Gasteiger partial charge in [-0.2, -0.15) is 0 Å². The van der Waals surface area contributed by atoms with Crippen molar-refractivity contribution in [2.75, 3.05) is 0 Å². The summed E-state index contributed by atoms with van der Waals surface area (Å²) in [5, 5.41) is 2.91. The van der Waals surface area contributed by atoms with E-state index in [0.717, 1.165) is 35.0 Å². The first-order chi connectivity index (χ1) is 10.0. The van der Waals surface area contributed by atoms with Gasteiger partial charge < -0.3 is 4.57 Å². The van der Waals surface area contributed by atoms with Crippen molar-refractivity contribution in [1.82, 2.24) is 14.5 Å². The average molecular weight is 324 g/mol. The number of nitrogens with zero attached hydrogens (tertiary/aromatic N) is 3. The highest BCUT2D eigenvalue weighted by atomic mass is 35.5. The van der Waals surface area contributed by atoms with Gasteiger partial charge in [-0.1, -0.05) is 0 Å². The topological polar surface area (TPSA) is 30.7 Å². The minimum Gasteiger partial charge on any atom is -0.326 e. The molecule has 0 aliphatic rings. The summed E-state index contributed by atoms with van der Waals surface area (Å²) >= 11 is 7.87. The number of hydrogen-bond acceptors (Lipinski definition) is 3. The van der Waals surface area contributed by atoms with Gasteiger partial charge in [0.25, 0.3) is 0 Å². The third-order valence-electron chi connectivity index (χ3n) is 3.31. The van der Waals surface area contributed by atoms with E-state index < -0.39 is 0 Å². The van der Waals surface area contributed by atoms with Crippen LogP contribution in [-0.4, -0.2) is 14.5 Å². The zero-order valence-corrected chi connectivity index (χ0v) is 13.4. The van der Waals surface area contributed by atoms with Gasteiger partial charge in [-0.15, -0.1) is 22.9 Å². The van der Waals surface area contributed by atoms with Gasteiger partial charge in [-0.25, -0.2) is 14.4 Å². The van der Waals surface area contributed by atoms with Crippen molar-refractivity contribution in [2.24, 2.45) is 0 Å². The molecule has 0 saturated carbocycles. The van der Waals surface area contributed by atoms with Crippen LogP contribution in [-0.2, 0) is 13.0 Å². The highest BCUT2D eigenvalue weighted by Crippen LogP contribution is 2.25. The largest absolute Gasteiger partial charge is 0.326 e. The summed E-state index contributed by atoms with van der Waals surface area (Å²) in [5.41, 5.74) is 2.60. The number of halogens is 2. The van der Waals surface area contributed by atoms with Crippen LogP contribution >= 0.6 is 22.9 Å². The second-order valence-corrected chi connectivity index (χ2v) is 6.60. The van der Waals surface area contributed by atoms with Gasteiger partial charge in [0.15, 0.2) is 0 Å². The molecule has 3 aromatic rings. The van der Waals surface area contributed by atoms with Gasteiger partial charge >= 0.3 is 0 Å². The number of benzene rings is 1. The van der Waals surface area contributed by atoms with Crippen molar-refractivity contribution in [3.63, 3.8) is 0 Å². The summed E-state index contributed by atoms with van der Waals surface area (Å²) in [4.78, 5) is 8.94. The van der Waals surface area contributed by atoms with E-state index in [1.54, 1.807) is 17.4 Å². The molecule has 0 N–H and O–H groups in total. The van der Waals surface area contributed by atoms with Crippen molar-refractivity contribution >= 4 is 34.0 Å². The third kappa shape index (κ3) is 2.94. The van der Waals surface area contributed by atoms with Crippen LogP contribution in [0.3, 0.4) is 0 Å². The predicted molar refractivity (Wildman–Crippen MR) is 84.5 cm³/mol.